The van der Waals surface area contributed by atoms with Gasteiger partial charge in [0.15, 0.2) is 0 Å². The molecule has 0 amide bonds. The van der Waals surface area contributed by atoms with Crippen molar-refractivity contribution in [2.24, 2.45) is 27.6 Å². The minimum Gasteiger partial charge on any atom is -0.508 e. The highest BCUT2D eigenvalue weighted by molar-refractivity contribution is 6.46. The van der Waals surface area contributed by atoms with Gasteiger partial charge in [-0.05, 0) is 73.1 Å². The summed E-state index contributed by atoms with van der Waals surface area (Å²) in [6, 6.07) is 5.75. The van der Waals surface area contributed by atoms with Crippen LogP contribution in [0.15, 0.2) is 28.5 Å². The Morgan fingerprint density at radius 2 is 2.00 bits per heavy atom. The molecule has 0 saturated heterocycles. The van der Waals surface area contributed by atoms with Gasteiger partial charge >= 0.3 is 0 Å². The molecule has 2 saturated carbocycles. The van der Waals surface area contributed by atoms with Crippen LogP contribution >= 0.6 is 0 Å². The summed E-state index contributed by atoms with van der Waals surface area (Å²) in [5.74, 6) is 1.67. The molecule has 0 aromatic heterocycles. The van der Waals surface area contributed by atoms with Crippen LogP contribution in [0, 0.1) is 17.3 Å². The molecular weight excluding hydrogens is 292 g/mol. The average Bonchev–Trinajstić information content (AvgIpc) is 2.85. The Labute approximate surface area is 135 Å². The molecule has 5 nitrogen and oxygen atoms in total. The van der Waals surface area contributed by atoms with Crippen LogP contribution in [0.1, 0.15) is 49.7 Å². The van der Waals surface area contributed by atoms with E-state index in [0.717, 1.165) is 25.7 Å². The van der Waals surface area contributed by atoms with Crippen molar-refractivity contribution in [3.05, 3.63) is 29.3 Å². The Morgan fingerprint density at radius 3 is 2.74 bits per heavy atom. The molecule has 23 heavy (non-hydrogen) atoms. The number of nitrogens with zero attached hydrogens (tertiary/aromatic N) is 2. The van der Waals surface area contributed by atoms with Gasteiger partial charge < -0.3 is 15.5 Å². The van der Waals surface area contributed by atoms with Crippen LogP contribution in [0.5, 0.6) is 5.75 Å². The lowest BCUT2D eigenvalue weighted by Crippen LogP contribution is -2.42. The van der Waals surface area contributed by atoms with Crippen molar-refractivity contribution in [1.82, 2.24) is 0 Å². The topological polar surface area (TPSA) is 85.4 Å². The molecule has 1 aromatic carbocycles. The van der Waals surface area contributed by atoms with Crippen LogP contribution in [0.4, 0.5) is 0 Å². The van der Waals surface area contributed by atoms with Crippen molar-refractivity contribution >= 4 is 11.4 Å². The number of hydrogen-bond acceptors (Lipinski definition) is 5. The highest BCUT2D eigenvalue weighted by atomic mass is 16.4. The standard InChI is InChI=1S/C18H22N2O3/c1-18-7-6-13-12-5-3-11(21)8-10(12)2-4-14(13)15(18)9-16(19-22)17(18)20-23/h3,5,8,13-15,21-23H,2,4,6-7,9H2,1H3/b19-16+,20-17+/t13?,14?,15?,18-/m0/s1. The molecule has 0 bridgehead atoms. The molecule has 4 atom stereocenters. The Morgan fingerprint density at radius 1 is 1.17 bits per heavy atom. The highest BCUT2D eigenvalue weighted by Crippen LogP contribution is 2.59. The number of fused-ring (bicyclic) bond motifs is 5. The van der Waals surface area contributed by atoms with E-state index in [0.29, 0.717) is 41.3 Å². The Kier molecular flexibility index (Phi) is 3.15. The first-order valence-corrected chi connectivity index (χ1v) is 8.34. The van der Waals surface area contributed by atoms with E-state index in [1.54, 1.807) is 6.07 Å². The Hall–Kier alpha value is -2.04. The quantitative estimate of drug-likeness (QED) is 0.506. The van der Waals surface area contributed by atoms with Gasteiger partial charge in [-0.1, -0.05) is 23.3 Å². The first kappa shape index (κ1) is 14.5. The lowest BCUT2D eigenvalue weighted by Gasteiger charge is -2.48. The predicted octanol–water partition coefficient (Wildman–Crippen LogP) is 3.52. The van der Waals surface area contributed by atoms with Gasteiger partial charge in [-0.15, -0.1) is 0 Å². The zero-order valence-electron chi connectivity index (χ0n) is 13.2. The smallest absolute Gasteiger partial charge is 0.115 e. The molecule has 3 N–H and O–H groups in total. The summed E-state index contributed by atoms with van der Waals surface area (Å²) >= 11 is 0. The molecular formula is C18H22N2O3. The van der Waals surface area contributed by atoms with Gasteiger partial charge in [0.05, 0.1) is 0 Å². The molecule has 4 rings (SSSR count). The van der Waals surface area contributed by atoms with E-state index in [1.165, 1.54) is 11.1 Å². The summed E-state index contributed by atoms with van der Waals surface area (Å²) in [4.78, 5) is 0. The minimum atomic E-state index is -0.202. The van der Waals surface area contributed by atoms with Crippen LogP contribution in [-0.2, 0) is 6.42 Å². The summed E-state index contributed by atoms with van der Waals surface area (Å²) in [6.45, 7) is 2.15. The number of rotatable bonds is 0. The number of benzene rings is 1. The summed E-state index contributed by atoms with van der Waals surface area (Å²) in [5.41, 5.74) is 3.53. The van der Waals surface area contributed by atoms with E-state index in [-0.39, 0.29) is 5.41 Å². The van der Waals surface area contributed by atoms with Crippen molar-refractivity contribution in [2.75, 3.05) is 0 Å². The second-order valence-electron chi connectivity index (χ2n) is 7.45. The molecule has 0 radical (unpaired) electrons. The van der Waals surface area contributed by atoms with Gasteiger partial charge in [0.1, 0.15) is 17.2 Å². The fraction of sp³-hybridized carbons (Fsp3) is 0.556. The highest BCUT2D eigenvalue weighted by Gasteiger charge is 2.56. The maximum atomic E-state index is 9.72. The minimum absolute atomic E-state index is 0.202. The second-order valence-corrected chi connectivity index (χ2v) is 7.45. The largest absolute Gasteiger partial charge is 0.508 e. The van der Waals surface area contributed by atoms with Gasteiger partial charge in [-0.3, -0.25) is 0 Å². The zero-order valence-corrected chi connectivity index (χ0v) is 13.2. The van der Waals surface area contributed by atoms with Crippen LogP contribution in [0.2, 0.25) is 0 Å². The third-order valence-corrected chi connectivity index (χ3v) is 6.55. The number of aryl methyl sites for hydroxylation is 1. The molecule has 122 valence electrons. The third-order valence-electron chi connectivity index (χ3n) is 6.55. The molecule has 5 heteroatoms. The zero-order chi connectivity index (χ0) is 16.2. The molecule has 1 aromatic rings. The molecule has 0 aliphatic heterocycles. The maximum Gasteiger partial charge on any atom is 0.115 e. The van der Waals surface area contributed by atoms with Gasteiger partial charge in [0, 0.05) is 5.41 Å². The van der Waals surface area contributed by atoms with Crippen molar-refractivity contribution in [3.8, 4) is 5.75 Å². The lowest BCUT2D eigenvalue weighted by molar-refractivity contribution is 0.0963. The second kappa shape index (κ2) is 4.98. The van der Waals surface area contributed by atoms with Gasteiger partial charge in [0.25, 0.3) is 0 Å². The molecule has 3 aliphatic carbocycles. The first-order chi connectivity index (χ1) is 11.1. The fourth-order valence-electron chi connectivity index (χ4n) is 5.45. The average molecular weight is 314 g/mol. The monoisotopic (exact) mass is 314 g/mol. The van der Waals surface area contributed by atoms with E-state index in [4.69, 9.17) is 0 Å². The number of aromatic hydroxyl groups is 1. The summed E-state index contributed by atoms with van der Waals surface area (Å²) in [5, 5.41) is 35.3. The molecule has 3 unspecified atom stereocenters. The molecule has 0 heterocycles. The third kappa shape index (κ3) is 1.92. The Bertz CT molecular complexity index is 712. The predicted molar refractivity (Wildman–Crippen MR) is 86.5 cm³/mol. The summed E-state index contributed by atoms with van der Waals surface area (Å²) in [6.07, 6.45) is 4.68. The SMILES string of the molecule is C[C@]12CCC3c4ccc(O)cc4CCC3C1CC(=N\O)/C2=N\O. The maximum absolute atomic E-state index is 9.72. The summed E-state index contributed by atoms with van der Waals surface area (Å²) < 4.78 is 0. The van der Waals surface area contributed by atoms with Gasteiger partial charge in [0.2, 0.25) is 0 Å². The number of hydrogen-bond donors (Lipinski definition) is 3. The van der Waals surface area contributed by atoms with E-state index in [9.17, 15) is 15.5 Å². The first-order valence-electron chi connectivity index (χ1n) is 8.34. The van der Waals surface area contributed by atoms with Crippen molar-refractivity contribution < 1.29 is 15.5 Å². The number of oxime groups is 2. The fourth-order valence-corrected chi connectivity index (χ4v) is 5.45. The van der Waals surface area contributed by atoms with Crippen LogP contribution in [0.25, 0.3) is 0 Å². The lowest BCUT2D eigenvalue weighted by atomic mass is 9.55. The number of phenols is 1. The molecule has 2 fully saturated rings. The van der Waals surface area contributed by atoms with E-state index in [1.807, 2.05) is 6.07 Å². The molecule has 0 spiro atoms. The van der Waals surface area contributed by atoms with E-state index < -0.39 is 0 Å². The van der Waals surface area contributed by atoms with Crippen LogP contribution in [0.3, 0.4) is 0 Å². The Balaban J connectivity index is 1.74. The van der Waals surface area contributed by atoms with Crippen molar-refractivity contribution in [2.45, 2.75) is 44.9 Å². The number of phenolic OH excluding ortho intramolecular Hbond substituents is 1. The van der Waals surface area contributed by atoms with Crippen molar-refractivity contribution in [3.63, 3.8) is 0 Å². The normalized spacial score (nSPS) is 39.1. The summed E-state index contributed by atoms with van der Waals surface area (Å²) in [7, 11) is 0. The van der Waals surface area contributed by atoms with Crippen molar-refractivity contribution in [1.29, 1.82) is 0 Å². The van der Waals surface area contributed by atoms with E-state index in [2.05, 4.69) is 23.3 Å². The van der Waals surface area contributed by atoms with Gasteiger partial charge in [-0.2, -0.15) is 0 Å². The van der Waals surface area contributed by atoms with Gasteiger partial charge in [-0.25, -0.2) is 0 Å². The van der Waals surface area contributed by atoms with Crippen LogP contribution < -0.4 is 0 Å². The molecule has 3 aliphatic rings. The van der Waals surface area contributed by atoms with Crippen LogP contribution in [-0.4, -0.2) is 26.9 Å². The van der Waals surface area contributed by atoms with E-state index >= 15 is 0 Å².